The van der Waals surface area contributed by atoms with Gasteiger partial charge < -0.3 is 20.1 Å². The van der Waals surface area contributed by atoms with Crippen molar-refractivity contribution in [1.29, 1.82) is 0 Å². The summed E-state index contributed by atoms with van der Waals surface area (Å²) < 4.78 is 2.07. The molecule has 1 aromatic rings. The van der Waals surface area contributed by atoms with Crippen molar-refractivity contribution in [2.75, 3.05) is 40.3 Å². The molecule has 0 aliphatic carbocycles. The minimum absolute atomic E-state index is 0. The zero-order chi connectivity index (χ0) is 15.5. The van der Waals surface area contributed by atoms with E-state index >= 15 is 0 Å². The SMILES string of the molecule is CCNC(=NCCCN(C)C)NCCn1cnnc1CC.I. The third-order valence-electron chi connectivity index (χ3n) is 3.03. The fourth-order valence-electron chi connectivity index (χ4n) is 1.95. The quantitative estimate of drug-likeness (QED) is 0.268. The first-order valence-corrected chi connectivity index (χ1v) is 7.71. The molecule has 0 unspecified atom stereocenters. The maximum absolute atomic E-state index is 4.57. The van der Waals surface area contributed by atoms with Gasteiger partial charge >= 0.3 is 0 Å². The maximum Gasteiger partial charge on any atom is 0.191 e. The molecule has 0 saturated carbocycles. The van der Waals surface area contributed by atoms with E-state index in [2.05, 4.69) is 63.2 Å². The van der Waals surface area contributed by atoms with Crippen LogP contribution in [-0.2, 0) is 13.0 Å². The van der Waals surface area contributed by atoms with Crippen LogP contribution >= 0.6 is 24.0 Å². The van der Waals surface area contributed by atoms with Crippen LogP contribution in [0, 0.1) is 0 Å². The summed E-state index contributed by atoms with van der Waals surface area (Å²) in [4.78, 5) is 6.75. The van der Waals surface area contributed by atoms with Gasteiger partial charge in [-0.1, -0.05) is 6.92 Å². The van der Waals surface area contributed by atoms with Crippen LogP contribution in [-0.4, -0.2) is 65.9 Å². The first-order chi connectivity index (χ1) is 10.2. The molecule has 0 amide bonds. The lowest BCUT2D eigenvalue weighted by Gasteiger charge is -2.13. The Morgan fingerprint density at radius 3 is 2.73 bits per heavy atom. The summed E-state index contributed by atoms with van der Waals surface area (Å²) in [5.74, 6) is 1.90. The van der Waals surface area contributed by atoms with Crippen LogP contribution in [0.1, 0.15) is 26.1 Å². The van der Waals surface area contributed by atoms with E-state index in [4.69, 9.17) is 0 Å². The van der Waals surface area contributed by atoms with E-state index in [0.29, 0.717) is 0 Å². The zero-order valence-corrected chi connectivity index (χ0v) is 16.5. The highest BCUT2D eigenvalue weighted by molar-refractivity contribution is 14.0. The van der Waals surface area contributed by atoms with Gasteiger partial charge in [0.15, 0.2) is 5.96 Å². The number of hydrogen-bond acceptors (Lipinski definition) is 4. The zero-order valence-electron chi connectivity index (χ0n) is 14.2. The number of halogens is 1. The van der Waals surface area contributed by atoms with E-state index in [0.717, 1.165) is 57.3 Å². The summed E-state index contributed by atoms with van der Waals surface area (Å²) >= 11 is 0. The van der Waals surface area contributed by atoms with Crippen molar-refractivity contribution >= 4 is 29.9 Å². The summed E-state index contributed by atoms with van der Waals surface area (Å²) in [6, 6.07) is 0. The fraction of sp³-hybridized carbons (Fsp3) is 0.786. The minimum atomic E-state index is 0. The van der Waals surface area contributed by atoms with Crippen molar-refractivity contribution in [2.45, 2.75) is 33.2 Å². The average molecular weight is 423 g/mol. The monoisotopic (exact) mass is 423 g/mol. The molecule has 0 bridgehead atoms. The van der Waals surface area contributed by atoms with E-state index in [1.807, 2.05) is 0 Å². The molecule has 0 aliphatic heterocycles. The van der Waals surface area contributed by atoms with Crippen LogP contribution in [0.2, 0.25) is 0 Å². The Labute approximate surface area is 151 Å². The summed E-state index contributed by atoms with van der Waals surface area (Å²) in [6.45, 7) is 8.58. The molecule has 2 N–H and O–H groups in total. The lowest BCUT2D eigenvalue weighted by molar-refractivity contribution is 0.403. The maximum atomic E-state index is 4.57. The third-order valence-corrected chi connectivity index (χ3v) is 3.03. The molecule has 0 atom stereocenters. The van der Waals surface area contributed by atoms with Crippen molar-refractivity contribution in [3.05, 3.63) is 12.2 Å². The molecule has 128 valence electrons. The van der Waals surface area contributed by atoms with Gasteiger partial charge in [-0.15, -0.1) is 34.2 Å². The molecular weight excluding hydrogens is 393 g/mol. The molecular formula is C14H30IN7. The van der Waals surface area contributed by atoms with Crippen LogP contribution < -0.4 is 10.6 Å². The summed E-state index contributed by atoms with van der Waals surface area (Å²) in [6.07, 6.45) is 3.75. The van der Waals surface area contributed by atoms with Gasteiger partial charge in [0.1, 0.15) is 12.2 Å². The van der Waals surface area contributed by atoms with Gasteiger partial charge in [0.25, 0.3) is 0 Å². The van der Waals surface area contributed by atoms with Gasteiger partial charge in [-0.3, -0.25) is 4.99 Å². The molecule has 0 aliphatic rings. The summed E-state index contributed by atoms with van der Waals surface area (Å²) in [5, 5.41) is 14.6. The highest BCUT2D eigenvalue weighted by Gasteiger charge is 2.02. The minimum Gasteiger partial charge on any atom is -0.357 e. The summed E-state index contributed by atoms with van der Waals surface area (Å²) in [5.41, 5.74) is 0. The van der Waals surface area contributed by atoms with Crippen molar-refractivity contribution in [3.63, 3.8) is 0 Å². The van der Waals surface area contributed by atoms with E-state index in [1.54, 1.807) is 6.33 Å². The van der Waals surface area contributed by atoms with Gasteiger partial charge in [0, 0.05) is 32.6 Å². The molecule has 1 heterocycles. The number of nitrogens with zero attached hydrogens (tertiary/aromatic N) is 5. The number of nitrogens with one attached hydrogen (secondary N) is 2. The molecule has 22 heavy (non-hydrogen) atoms. The number of aromatic nitrogens is 3. The molecule has 0 fully saturated rings. The fourth-order valence-corrected chi connectivity index (χ4v) is 1.95. The molecule has 0 radical (unpaired) electrons. The van der Waals surface area contributed by atoms with Gasteiger partial charge in [-0.05, 0) is 34.0 Å². The Kier molecular flexibility index (Phi) is 12.1. The van der Waals surface area contributed by atoms with E-state index in [-0.39, 0.29) is 24.0 Å². The van der Waals surface area contributed by atoms with Crippen molar-refractivity contribution in [1.82, 2.24) is 30.3 Å². The van der Waals surface area contributed by atoms with Gasteiger partial charge in [-0.25, -0.2) is 0 Å². The highest BCUT2D eigenvalue weighted by Crippen LogP contribution is 1.94. The molecule has 0 spiro atoms. The normalized spacial score (nSPS) is 11.4. The Hall–Kier alpha value is -0.900. The lowest BCUT2D eigenvalue weighted by atomic mass is 10.4. The van der Waals surface area contributed by atoms with E-state index in [1.165, 1.54) is 0 Å². The molecule has 7 nitrogen and oxygen atoms in total. The van der Waals surface area contributed by atoms with Crippen LogP contribution in [0.4, 0.5) is 0 Å². The van der Waals surface area contributed by atoms with Crippen LogP contribution in [0.25, 0.3) is 0 Å². The van der Waals surface area contributed by atoms with E-state index in [9.17, 15) is 0 Å². The Bertz CT molecular complexity index is 417. The second kappa shape index (κ2) is 12.6. The van der Waals surface area contributed by atoms with Crippen molar-refractivity contribution < 1.29 is 0 Å². The van der Waals surface area contributed by atoms with Crippen molar-refractivity contribution in [3.8, 4) is 0 Å². The van der Waals surface area contributed by atoms with E-state index < -0.39 is 0 Å². The van der Waals surface area contributed by atoms with Gasteiger partial charge in [0.2, 0.25) is 0 Å². The first-order valence-electron chi connectivity index (χ1n) is 7.71. The number of aryl methyl sites for hydroxylation is 1. The first kappa shape index (κ1) is 21.1. The lowest BCUT2D eigenvalue weighted by Crippen LogP contribution is -2.39. The van der Waals surface area contributed by atoms with Crippen LogP contribution in [0.5, 0.6) is 0 Å². The topological polar surface area (TPSA) is 70.4 Å². The standard InChI is InChI=1S/C14H29N7.HI/c1-5-13-19-18-12-21(13)11-9-17-14(15-6-2)16-8-7-10-20(3)4;/h12H,5-11H2,1-4H3,(H2,15,16,17);1H. The van der Waals surface area contributed by atoms with Gasteiger partial charge in [-0.2, -0.15) is 0 Å². The van der Waals surface area contributed by atoms with Crippen LogP contribution in [0.3, 0.4) is 0 Å². The summed E-state index contributed by atoms with van der Waals surface area (Å²) in [7, 11) is 4.16. The Balaban J connectivity index is 0.00000441. The predicted octanol–water partition coefficient (Wildman–Crippen LogP) is 0.965. The molecule has 1 aromatic heterocycles. The second-order valence-corrected chi connectivity index (χ2v) is 5.14. The molecule has 0 saturated heterocycles. The van der Waals surface area contributed by atoms with Gasteiger partial charge in [0.05, 0.1) is 0 Å². The average Bonchev–Trinajstić information content (AvgIpc) is 2.90. The number of hydrogen-bond donors (Lipinski definition) is 2. The highest BCUT2D eigenvalue weighted by atomic mass is 127. The molecule has 8 heteroatoms. The second-order valence-electron chi connectivity index (χ2n) is 5.14. The number of guanidine groups is 1. The van der Waals surface area contributed by atoms with Crippen molar-refractivity contribution in [2.24, 2.45) is 4.99 Å². The largest absolute Gasteiger partial charge is 0.357 e. The molecule has 1 rings (SSSR count). The van der Waals surface area contributed by atoms with Crippen LogP contribution in [0.15, 0.2) is 11.3 Å². The molecule has 0 aromatic carbocycles. The predicted molar refractivity (Wildman–Crippen MR) is 102 cm³/mol. The third kappa shape index (κ3) is 8.52. The smallest absolute Gasteiger partial charge is 0.191 e. The number of rotatable bonds is 9. The Morgan fingerprint density at radius 2 is 2.09 bits per heavy atom. The Morgan fingerprint density at radius 1 is 1.32 bits per heavy atom. The number of aliphatic imine (C=N–C) groups is 1.